The Morgan fingerprint density at radius 1 is 1.32 bits per heavy atom. The number of rotatable bonds is 6. The summed E-state index contributed by atoms with van der Waals surface area (Å²) in [6.07, 6.45) is 5.85. The second-order valence-corrected chi connectivity index (χ2v) is 5.37. The quantitative estimate of drug-likeness (QED) is 0.657. The highest BCUT2D eigenvalue weighted by molar-refractivity contribution is 5.87. The van der Waals surface area contributed by atoms with Crippen LogP contribution in [0.2, 0.25) is 0 Å². The van der Waals surface area contributed by atoms with Crippen LogP contribution in [0.25, 0.3) is 0 Å². The topological polar surface area (TPSA) is 26.3 Å². The van der Waals surface area contributed by atoms with E-state index in [0.717, 1.165) is 17.6 Å². The molecule has 0 aromatic heterocycles. The summed E-state index contributed by atoms with van der Waals surface area (Å²) in [5.41, 5.74) is 2.68. The smallest absolute Gasteiger partial charge is 0.174 e. The fraction of sp³-hybridized carbons (Fsp3) is 0.471. The zero-order chi connectivity index (χ0) is 14.6. The fourth-order valence-corrected chi connectivity index (χ4v) is 2.34. The molecule has 0 aromatic carbocycles. The molecule has 0 spiro atoms. The molecular weight excluding hydrogens is 236 g/mol. The van der Waals surface area contributed by atoms with Gasteiger partial charge in [-0.3, -0.25) is 4.79 Å². The fourth-order valence-electron chi connectivity index (χ4n) is 2.34. The minimum absolute atomic E-state index is 0.0543. The van der Waals surface area contributed by atoms with Crippen molar-refractivity contribution in [2.45, 2.75) is 52.6 Å². The highest BCUT2D eigenvalue weighted by Crippen LogP contribution is 2.41. The lowest BCUT2D eigenvalue weighted by Crippen LogP contribution is -2.37. The molecule has 1 atom stereocenters. The zero-order valence-corrected chi connectivity index (χ0v) is 12.5. The molecule has 0 heterocycles. The van der Waals surface area contributed by atoms with Crippen molar-refractivity contribution in [2.24, 2.45) is 0 Å². The largest absolute Gasteiger partial charge is 0.484 e. The van der Waals surface area contributed by atoms with Crippen LogP contribution in [0.3, 0.4) is 0 Å². The van der Waals surface area contributed by atoms with Gasteiger partial charge in [-0.2, -0.15) is 0 Å². The van der Waals surface area contributed by atoms with E-state index in [2.05, 4.69) is 19.2 Å². The van der Waals surface area contributed by atoms with Crippen molar-refractivity contribution in [3.8, 4) is 0 Å². The molecule has 2 nitrogen and oxygen atoms in total. The van der Waals surface area contributed by atoms with Gasteiger partial charge in [-0.1, -0.05) is 37.8 Å². The van der Waals surface area contributed by atoms with Crippen LogP contribution in [0, 0.1) is 0 Å². The molecule has 1 aliphatic carbocycles. The van der Waals surface area contributed by atoms with Crippen LogP contribution < -0.4 is 0 Å². The van der Waals surface area contributed by atoms with Crippen molar-refractivity contribution in [1.82, 2.24) is 0 Å². The van der Waals surface area contributed by atoms with Crippen molar-refractivity contribution in [3.05, 3.63) is 47.8 Å². The molecule has 104 valence electrons. The Morgan fingerprint density at radius 2 is 1.89 bits per heavy atom. The van der Waals surface area contributed by atoms with Crippen LogP contribution in [0.15, 0.2) is 47.8 Å². The number of allylic oxidation sites excluding steroid dienone is 4. The highest BCUT2D eigenvalue weighted by atomic mass is 16.5. The van der Waals surface area contributed by atoms with Crippen molar-refractivity contribution in [2.75, 3.05) is 0 Å². The first-order chi connectivity index (χ1) is 8.84. The van der Waals surface area contributed by atoms with Crippen LogP contribution >= 0.6 is 0 Å². The van der Waals surface area contributed by atoms with Crippen LogP contribution in [0.5, 0.6) is 0 Å². The lowest BCUT2D eigenvalue weighted by molar-refractivity contribution is -0.136. The van der Waals surface area contributed by atoms with Crippen molar-refractivity contribution >= 4 is 5.78 Å². The summed E-state index contributed by atoms with van der Waals surface area (Å²) in [4.78, 5) is 12.1. The maximum absolute atomic E-state index is 12.1. The van der Waals surface area contributed by atoms with Gasteiger partial charge in [-0.15, -0.1) is 0 Å². The standard InChI is InChI=1S/C17H24O2/c1-7-13(5)19-17(14(6)18)10-15(8-2)16(11-17)9-12(3)4/h8-9H,2,5,7,10-11H2,1,3-4,6H3. The molecular formula is C17H24O2. The molecule has 0 saturated heterocycles. The highest BCUT2D eigenvalue weighted by Gasteiger charge is 2.43. The van der Waals surface area contributed by atoms with E-state index in [1.54, 1.807) is 6.92 Å². The molecule has 0 N–H and O–H groups in total. The molecule has 0 aliphatic heterocycles. The summed E-state index contributed by atoms with van der Waals surface area (Å²) in [6, 6.07) is 0. The van der Waals surface area contributed by atoms with Gasteiger partial charge < -0.3 is 4.74 Å². The minimum Gasteiger partial charge on any atom is -0.484 e. The third kappa shape index (κ3) is 3.46. The third-order valence-corrected chi connectivity index (χ3v) is 3.45. The molecule has 0 radical (unpaired) electrons. The number of carbonyl (C=O) groups excluding carboxylic acids is 1. The number of hydrogen-bond donors (Lipinski definition) is 0. The van der Waals surface area contributed by atoms with E-state index in [-0.39, 0.29) is 5.78 Å². The minimum atomic E-state index is -0.780. The summed E-state index contributed by atoms with van der Waals surface area (Å²) in [6.45, 7) is 15.4. The Bertz CT molecular complexity index is 462. The summed E-state index contributed by atoms with van der Waals surface area (Å²) in [7, 11) is 0. The van der Waals surface area contributed by atoms with Gasteiger partial charge in [0.05, 0.1) is 5.76 Å². The van der Waals surface area contributed by atoms with Crippen LogP contribution in [-0.2, 0) is 9.53 Å². The van der Waals surface area contributed by atoms with E-state index >= 15 is 0 Å². The van der Waals surface area contributed by atoms with Crippen LogP contribution in [-0.4, -0.2) is 11.4 Å². The van der Waals surface area contributed by atoms with Gasteiger partial charge in [0.1, 0.15) is 0 Å². The molecule has 19 heavy (non-hydrogen) atoms. The van der Waals surface area contributed by atoms with Crippen molar-refractivity contribution in [3.63, 3.8) is 0 Å². The van der Waals surface area contributed by atoms with E-state index in [0.29, 0.717) is 18.6 Å². The Kier molecular flexibility index (Phi) is 4.93. The monoisotopic (exact) mass is 260 g/mol. The van der Waals surface area contributed by atoms with Gasteiger partial charge in [0.15, 0.2) is 11.4 Å². The first-order valence-electron chi connectivity index (χ1n) is 6.72. The van der Waals surface area contributed by atoms with Crippen LogP contribution in [0.4, 0.5) is 0 Å². The van der Waals surface area contributed by atoms with E-state index < -0.39 is 5.60 Å². The van der Waals surface area contributed by atoms with E-state index in [1.165, 1.54) is 5.57 Å². The summed E-state index contributed by atoms with van der Waals surface area (Å²) in [5, 5.41) is 0. The van der Waals surface area contributed by atoms with Gasteiger partial charge in [-0.05, 0) is 31.9 Å². The van der Waals surface area contributed by atoms with Crippen molar-refractivity contribution < 1.29 is 9.53 Å². The molecule has 1 rings (SSSR count). The van der Waals surface area contributed by atoms with Gasteiger partial charge in [0.2, 0.25) is 0 Å². The molecule has 0 amide bonds. The Balaban J connectivity index is 3.09. The summed E-state index contributed by atoms with van der Waals surface area (Å²) >= 11 is 0. The number of ether oxygens (including phenoxy) is 1. The van der Waals surface area contributed by atoms with E-state index in [9.17, 15) is 4.79 Å². The SMILES string of the molecule is C=CC1=C(C=C(C)C)CC(OC(=C)CC)(C(C)=O)C1. The number of ketones is 1. The Morgan fingerprint density at radius 3 is 2.32 bits per heavy atom. The normalized spacial score (nSPS) is 22.1. The maximum Gasteiger partial charge on any atom is 0.174 e. The number of carbonyl (C=O) groups is 1. The van der Waals surface area contributed by atoms with Crippen LogP contribution in [0.1, 0.15) is 47.0 Å². The predicted molar refractivity (Wildman–Crippen MR) is 79.8 cm³/mol. The van der Waals surface area contributed by atoms with Gasteiger partial charge in [0, 0.05) is 19.3 Å². The molecule has 0 fully saturated rings. The first-order valence-corrected chi connectivity index (χ1v) is 6.72. The van der Waals surface area contributed by atoms with Gasteiger partial charge >= 0.3 is 0 Å². The maximum atomic E-state index is 12.1. The lowest BCUT2D eigenvalue weighted by Gasteiger charge is -2.29. The molecule has 0 bridgehead atoms. The lowest BCUT2D eigenvalue weighted by atomic mass is 9.93. The zero-order valence-electron chi connectivity index (χ0n) is 12.5. The summed E-state index contributed by atoms with van der Waals surface area (Å²) < 4.78 is 5.89. The molecule has 2 heteroatoms. The second kappa shape index (κ2) is 6.05. The molecule has 1 aliphatic rings. The molecule has 0 aromatic rings. The second-order valence-electron chi connectivity index (χ2n) is 5.37. The first kappa shape index (κ1) is 15.5. The average molecular weight is 260 g/mol. The molecule has 0 saturated carbocycles. The van der Waals surface area contributed by atoms with E-state index in [4.69, 9.17) is 4.74 Å². The number of hydrogen-bond acceptors (Lipinski definition) is 2. The average Bonchev–Trinajstić information content (AvgIpc) is 2.67. The predicted octanol–water partition coefficient (Wildman–Crippen LogP) is 4.50. The van der Waals surface area contributed by atoms with Gasteiger partial charge in [-0.25, -0.2) is 0 Å². The Labute approximate surface area is 116 Å². The van der Waals surface area contributed by atoms with E-state index in [1.807, 2.05) is 26.8 Å². The molecule has 1 unspecified atom stereocenters. The number of Topliss-reactive ketones (excluding diaryl/α,β-unsaturated/α-hetero) is 1. The van der Waals surface area contributed by atoms with Gasteiger partial charge in [0.25, 0.3) is 0 Å². The van der Waals surface area contributed by atoms with Crippen molar-refractivity contribution in [1.29, 1.82) is 0 Å². The third-order valence-electron chi connectivity index (χ3n) is 3.45. The summed E-state index contributed by atoms with van der Waals surface area (Å²) in [5.74, 6) is 0.718. The Hall–Kier alpha value is -1.57.